The third-order valence-electron chi connectivity index (χ3n) is 3.85. The highest BCUT2D eigenvalue weighted by molar-refractivity contribution is 5.80. The van der Waals surface area contributed by atoms with Crippen LogP contribution in [0.3, 0.4) is 0 Å². The molecule has 0 radical (unpaired) electrons. The topological polar surface area (TPSA) is 69.6 Å². The van der Waals surface area contributed by atoms with E-state index in [1.165, 1.54) is 0 Å². The molecule has 1 aliphatic carbocycles. The van der Waals surface area contributed by atoms with Crippen molar-refractivity contribution >= 4 is 11.9 Å². The van der Waals surface area contributed by atoms with Crippen molar-refractivity contribution in [2.75, 3.05) is 20.6 Å². The van der Waals surface area contributed by atoms with Crippen LogP contribution in [-0.2, 0) is 9.59 Å². The van der Waals surface area contributed by atoms with Crippen molar-refractivity contribution in [3.63, 3.8) is 0 Å². The Morgan fingerprint density at radius 2 is 1.94 bits per heavy atom. The molecule has 1 fully saturated rings. The van der Waals surface area contributed by atoms with Crippen LogP contribution in [0.25, 0.3) is 0 Å². The van der Waals surface area contributed by atoms with E-state index in [-0.39, 0.29) is 23.8 Å². The zero-order valence-electron chi connectivity index (χ0n) is 11.5. The average molecular weight is 256 g/mol. The second kappa shape index (κ2) is 6.73. The zero-order chi connectivity index (χ0) is 13.7. The van der Waals surface area contributed by atoms with Crippen molar-refractivity contribution in [1.29, 1.82) is 0 Å². The molecule has 5 heteroatoms. The quantitative estimate of drug-likeness (QED) is 0.768. The minimum Gasteiger partial charge on any atom is -0.481 e. The van der Waals surface area contributed by atoms with E-state index in [0.717, 1.165) is 12.8 Å². The molecule has 3 unspecified atom stereocenters. The van der Waals surface area contributed by atoms with Crippen LogP contribution in [0.1, 0.15) is 32.6 Å². The number of carbonyl (C=O) groups is 2. The van der Waals surface area contributed by atoms with Crippen LogP contribution in [-0.4, -0.2) is 48.6 Å². The molecule has 5 nitrogen and oxygen atoms in total. The fraction of sp³-hybridized carbons (Fsp3) is 0.846. The molecule has 18 heavy (non-hydrogen) atoms. The van der Waals surface area contributed by atoms with Gasteiger partial charge in [-0.15, -0.1) is 0 Å². The number of hydrogen-bond acceptors (Lipinski definition) is 3. The number of carbonyl (C=O) groups excluding carboxylic acids is 1. The summed E-state index contributed by atoms with van der Waals surface area (Å²) in [7, 11) is 3.94. The largest absolute Gasteiger partial charge is 0.481 e. The summed E-state index contributed by atoms with van der Waals surface area (Å²) < 4.78 is 0. The Labute approximate surface area is 109 Å². The molecular weight excluding hydrogens is 232 g/mol. The maximum Gasteiger partial charge on any atom is 0.306 e. The number of aliphatic carboxylic acids is 1. The lowest BCUT2D eigenvalue weighted by molar-refractivity contribution is -0.144. The molecule has 3 atom stereocenters. The number of rotatable bonds is 5. The highest BCUT2D eigenvalue weighted by atomic mass is 16.4. The third-order valence-corrected chi connectivity index (χ3v) is 3.85. The Hall–Kier alpha value is -1.10. The van der Waals surface area contributed by atoms with E-state index in [4.69, 9.17) is 5.11 Å². The lowest BCUT2D eigenvalue weighted by atomic mass is 9.81. The highest BCUT2D eigenvalue weighted by Crippen LogP contribution is 2.29. The third kappa shape index (κ3) is 4.29. The van der Waals surface area contributed by atoms with Crippen LogP contribution in [0.2, 0.25) is 0 Å². The number of nitrogens with one attached hydrogen (secondary N) is 1. The summed E-state index contributed by atoms with van der Waals surface area (Å²) in [5.41, 5.74) is 0. The molecule has 0 aliphatic heterocycles. The second-order valence-corrected chi connectivity index (χ2v) is 5.46. The fourth-order valence-electron chi connectivity index (χ4n) is 2.23. The van der Waals surface area contributed by atoms with Gasteiger partial charge in [-0.3, -0.25) is 9.59 Å². The van der Waals surface area contributed by atoms with Gasteiger partial charge in [0, 0.05) is 18.5 Å². The van der Waals surface area contributed by atoms with Gasteiger partial charge in [0.2, 0.25) is 5.91 Å². The van der Waals surface area contributed by atoms with Crippen molar-refractivity contribution in [2.45, 2.75) is 38.6 Å². The van der Waals surface area contributed by atoms with Crippen LogP contribution < -0.4 is 5.32 Å². The highest BCUT2D eigenvalue weighted by Gasteiger charge is 2.30. The van der Waals surface area contributed by atoms with E-state index in [1.807, 2.05) is 25.9 Å². The summed E-state index contributed by atoms with van der Waals surface area (Å²) in [6, 6.07) is 0.285. The van der Waals surface area contributed by atoms with Gasteiger partial charge >= 0.3 is 5.97 Å². The molecular formula is C13H24N2O3. The van der Waals surface area contributed by atoms with Crippen LogP contribution >= 0.6 is 0 Å². The molecule has 104 valence electrons. The van der Waals surface area contributed by atoms with Crippen LogP contribution in [0, 0.1) is 11.8 Å². The Balaban J connectivity index is 2.39. The van der Waals surface area contributed by atoms with Gasteiger partial charge in [0.1, 0.15) is 0 Å². The van der Waals surface area contributed by atoms with Crippen LogP contribution in [0.5, 0.6) is 0 Å². The SMILES string of the molecule is CC(CNC(=O)C1CCCC(C(=O)O)C1)N(C)C. The maximum absolute atomic E-state index is 12.0. The summed E-state index contributed by atoms with van der Waals surface area (Å²) in [6.07, 6.45) is 2.83. The summed E-state index contributed by atoms with van der Waals surface area (Å²) in [6.45, 7) is 2.65. The van der Waals surface area contributed by atoms with E-state index >= 15 is 0 Å². The molecule has 0 aromatic heterocycles. The monoisotopic (exact) mass is 256 g/mol. The summed E-state index contributed by atoms with van der Waals surface area (Å²) in [5.74, 6) is -1.24. The van der Waals surface area contributed by atoms with E-state index < -0.39 is 5.97 Å². The lowest BCUT2D eigenvalue weighted by Gasteiger charge is -2.27. The maximum atomic E-state index is 12.0. The van der Waals surface area contributed by atoms with Gasteiger partial charge in [0.05, 0.1) is 5.92 Å². The smallest absolute Gasteiger partial charge is 0.306 e. The molecule has 0 saturated heterocycles. The number of hydrogen-bond donors (Lipinski definition) is 2. The lowest BCUT2D eigenvalue weighted by Crippen LogP contribution is -2.42. The van der Waals surface area contributed by atoms with Gasteiger partial charge < -0.3 is 15.3 Å². The molecule has 0 aromatic carbocycles. The van der Waals surface area contributed by atoms with E-state index in [1.54, 1.807) is 0 Å². The number of carboxylic acids is 1. The van der Waals surface area contributed by atoms with Gasteiger partial charge in [-0.25, -0.2) is 0 Å². The van der Waals surface area contributed by atoms with Gasteiger partial charge in [0.25, 0.3) is 0 Å². The van der Waals surface area contributed by atoms with Gasteiger partial charge in [-0.2, -0.15) is 0 Å². The van der Waals surface area contributed by atoms with E-state index in [2.05, 4.69) is 5.32 Å². The van der Waals surface area contributed by atoms with E-state index in [0.29, 0.717) is 19.4 Å². The first-order valence-electron chi connectivity index (χ1n) is 6.58. The number of amides is 1. The number of carboxylic acid groups (broad SMARTS) is 1. The Morgan fingerprint density at radius 3 is 2.50 bits per heavy atom. The zero-order valence-corrected chi connectivity index (χ0v) is 11.5. The Bertz CT molecular complexity index is 305. The predicted octanol–water partition coefficient (Wildman–Crippen LogP) is 0.944. The van der Waals surface area contributed by atoms with Gasteiger partial charge in [0.15, 0.2) is 0 Å². The van der Waals surface area contributed by atoms with Crippen molar-refractivity contribution < 1.29 is 14.7 Å². The number of likely N-dealkylation sites (N-methyl/N-ethyl adjacent to an activating group) is 1. The average Bonchev–Trinajstić information content (AvgIpc) is 2.35. The van der Waals surface area contributed by atoms with Gasteiger partial charge in [-0.1, -0.05) is 6.42 Å². The van der Waals surface area contributed by atoms with Crippen molar-refractivity contribution in [2.24, 2.45) is 11.8 Å². The standard InChI is InChI=1S/C13H24N2O3/c1-9(15(2)3)8-14-12(16)10-5-4-6-11(7-10)13(17)18/h9-11H,4-8H2,1-3H3,(H,14,16)(H,17,18). The molecule has 1 rings (SSSR count). The second-order valence-electron chi connectivity index (χ2n) is 5.46. The Kier molecular flexibility index (Phi) is 5.59. The first-order chi connectivity index (χ1) is 8.41. The van der Waals surface area contributed by atoms with E-state index in [9.17, 15) is 9.59 Å². The first kappa shape index (κ1) is 15.0. The molecule has 0 bridgehead atoms. The molecule has 1 aliphatic rings. The minimum absolute atomic E-state index is 0.00894. The Morgan fingerprint density at radius 1 is 1.33 bits per heavy atom. The molecule has 1 amide bonds. The van der Waals surface area contributed by atoms with Gasteiger partial charge in [-0.05, 0) is 40.3 Å². The van der Waals surface area contributed by atoms with Crippen molar-refractivity contribution in [1.82, 2.24) is 10.2 Å². The summed E-state index contributed by atoms with van der Waals surface area (Å²) in [4.78, 5) is 25.0. The van der Waals surface area contributed by atoms with Crippen LogP contribution in [0.15, 0.2) is 0 Å². The normalized spacial score (nSPS) is 25.8. The molecule has 0 spiro atoms. The van der Waals surface area contributed by atoms with Crippen molar-refractivity contribution in [3.8, 4) is 0 Å². The fourth-order valence-corrected chi connectivity index (χ4v) is 2.23. The van der Waals surface area contributed by atoms with Crippen LogP contribution in [0.4, 0.5) is 0 Å². The van der Waals surface area contributed by atoms with Crippen molar-refractivity contribution in [3.05, 3.63) is 0 Å². The molecule has 0 heterocycles. The number of nitrogens with zero attached hydrogens (tertiary/aromatic N) is 1. The summed E-state index contributed by atoms with van der Waals surface area (Å²) >= 11 is 0. The summed E-state index contributed by atoms with van der Waals surface area (Å²) in [5, 5.41) is 11.9. The molecule has 1 saturated carbocycles. The minimum atomic E-state index is -0.769. The molecule has 2 N–H and O–H groups in total. The molecule has 0 aromatic rings. The predicted molar refractivity (Wildman–Crippen MR) is 69.2 cm³/mol. The first-order valence-corrected chi connectivity index (χ1v) is 6.58.